The number of aryl methyl sites for hydroxylation is 1. The third-order valence-corrected chi connectivity index (χ3v) is 5.07. The molecule has 6 nitrogen and oxygen atoms in total. The average molecular weight is 314 g/mol. The lowest BCUT2D eigenvalue weighted by molar-refractivity contribution is 0.0758. The first-order valence-corrected chi connectivity index (χ1v) is 8.29. The van der Waals surface area contributed by atoms with E-state index in [9.17, 15) is 9.90 Å². The molecule has 4 rings (SSSR count). The monoisotopic (exact) mass is 314 g/mol. The molecule has 1 amide bonds. The summed E-state index contributed by atoms with van der Waals surface area (Å²) in [5.74, 6) is -0.0890. The van der Waals surface area contributed by atoms with E-state index in [2.05, 4.69) is 9.88 Å². The molecule has 0 saturated carbocycles. The number of amides is 1. The zero-order valence-electron chi connectivity index (χ0n) is 13.4. The van der Waals surface area contributed by atoms with Crippen LogP contribution < -0.4 is 0 Å². The molecule has 2 aliphatic heterocycles. The Hall–Kier alpha value is -1.92. The lowest BCUT2D eigenvalue weighted by atomic mass is 10.2. The molecular formula is C17H22N4O2. The van der Waals surface area contributed by atoms with Gasteiger partial charge in [0.25, 0.3) is 5.91 Å². The highest BCUT2D eigenvalue weighted by molar-refractivity contribution is 5.93. The largest absolute Gasteiger partial charge is 0.390 e. The van der Waals surface area contributed by atoms with Gasteiger partial charge in [0.1, 0.15) is 11.3 Å². The third-order valence-electron chi connectivity index (χ3n) is 5.07. The maximum Gasteiger partial charge on any atom is 0.274 e. The quantitative estimate of drug-likeness (QED) is 0.895. The van der Waals surface area contributed by atoms with E-state index in [-0.39, 0.29) is 11.9 Å². The number of likely N-dealkylation sites (tertiary alicyclic amines) is 2. The molecule has 0 bridgehead atoms. The lowest BCUT2D eigenvalue weighted by Crippen LogP contribution is -2.41. The minimum absolute atomic E-state index is 0.0696. The Morgan fingerprint density at radius 1 is 1.26 bits per heavy atom. The molecule has 6 heteroatoms. The van der Waals surface area contributed by atoms with Crippen LogP contribution in [0.15, 0.2) is 24.4 Å². The number of aliphatic hydroxyl groups excluding tert-OH is 1. The van der Waals surface area contributed by atoms with Gasteiger partial charge < -0.3 is 14.4 Å². The Kier molecular flexibility index (Phi) is 3.58. The smallest absolute Gasteiger partial charge is 0.274 e. The van der Waals surface area contributed by atoms with Crippen LogP contribution in [0.1, 0.15) is 29.0 Å². The van der Waals surface area contributed by atoms with Crippen molar-refractivity contribution in [1.29, 1.82) is 0 Å². The van der Waals surface area contributed by atoms with E-state index >= 15 is 0 Å². The normalized spacial score (nSPS) is 25.6. The van der Waals surface area contributed by atoms with E-state index in [0.717, 1.165) is 24.4 Å². The summed E-state index contributed by atoms with van der Waals surface area (Å²) >= 11 is 0. The molecule has 122 valence electrons. The first kappa shape index (κ1) is 14.7. The van der Waals surface area contributed by atoms with Crippen molar-refractivity contribution in [3.05, 3.63) is 35.8 Å². The van der Waals surface area contributed by atoms with Gasteiger partial charge in [-0.05, 0) is 45.0 Å². The number of hydrogen-bond acceptors (Lipinski definition) is 4. The van der Waals surface area contributed by atoms with Crippen LogP contribution in [0, 0.1) is 6.92 Å². The molecule has 4 heterocycles. The van der Waals surface area contributed by atoms with Crippen LogP contribution in [-0.4, -0.2) is 68.5 Å². The molecule has 2 aliphatic rings. The molecule has 0 radical (unpaired) electrons. The van der Waals surface area contributed by atoms with E-state index in [1.54, 1.807) is 11.1 Å². The number of rotatable bonds is 2. The molecule has 0 unspecified atom stereocenters. The molecule has 2 aromatic heterocycles. The van der Waals surface area contributed by atoms with Crippen molar-refractivity contribution >= 4 is 11.6 Å². The summed E-state index contributed by atoms with van der Waals surface area (Å²) < 4.78 is 1.93. The number of aromatic nitrogens is 2. The maximum atomic E-state index is 12.8. The number of pyridine rings is 1. The minimum atomic E-state index is -0.462. The summed E-state index contributed by atoms with van der Waals surface area (Å²) in [6.07, 6.45) is 3.70. The van der Waals surface area contributed by atoms with Gasteiger partial charge in [-0.25, -0.2) is 4.98 Å². The number of nitrogens with zero attached hydrogens (tertiary/aromatic N) is 4. The first-order chi connectivity index (χ1) is 11.1. The molecule has 0 aliphatic carbocycles. The highest BCUT2D eigenvalue weighted by atomic mass is 16.3. The van der Waals surface area contributed by atoms with E-state index in [4.69, 9.17) is 0 Å². The van der Waals surface area contributed by atoms with Crippen LogP contribution in [0.3, 0.4) is 0 Å². The van der Waals surface area contributed by atoms with Crippen molar-refractivity contribution in [1.82, 2.24) is 19.2 Å². The summed E-state index contributed by atoms with van der Waals surface area (Å²) in [4.78, 5) is 21.2. The molecule has 1 N–H and O–H groups in total. The van der Waals surface area contributed by atoms with Gasteiger partial charge in [0, 0.05) is 25.0 Å². The fraction of sp³-hybridized carbons (Fsp3) is 0.529. The van der Waals surface area contributed by atoms with Gasteiger partial charge in [0.15, 0.2) is 0 Å². The molecule has 2 aromatic rings. The summed E-state index contributed by atoms with van der Waals surface area (Å²) in [5.41, 5.74) is 2.28. The number of imidazole rings is 1. The van der Waals surface area contributed by atoms with Crippen LogP contribution in [0.2, 0.25) is 0 Å². The van der Waals surface area contributed by atoms with Crippen molar-refractivity contribution < 1.29 is 9.90 Å². The first-order valence-electron chi connectivity index (χ1n) is 8.29. The Morgan fingerprint density at radius 3 is 2.78 bits per heavy atom. The van der Waals surface area contributed by atoms with Gasteiger partial charge >= 0.3 is 0 Å². The number of carbonyl (C=O) groups excluding carboxylic acids is 1. The van der Waals surface area contributed by atoms with Crippen LogP contribution >= 0.6 is 0 Å². The minimum Gasteiger partial charge on any atom is -0.390 e. The van der Waals surface area contributed by atoms with Crippen LogP contribution in [0.5, 0.6) is 0 Å². The van der Waals surface area contributed by atoms with E-state index in [1.165, 1.54) is 12.8 Å². The molecular weight excluding hydrogens is 292 g/mol. The molecule has 0 spiro atoms. The summed E-state index contributed by atoms with van der Waals surface area (Å²) in [6.45, 7) is 5.03. The van der Waals surface area contributed by atoms with Gasteiger partial charge in [0.05, 0.1) is 12.1 Å². The lowest BCUT2D eigenvalue weighted by Gasteiger charge is -2.25. The molecule has 2 saturated heterocycles. The Balaban J connectivity index is 1.55. The predicted octanol–water partition coefficient (Wildman–Crippen LogP) is 0.924. The fourth-order valence-corrected chi connectivity index (χ4v) is 3.78. The molecule has 2 fully saturated rings. The van der Waals surface area contributed by atoms with E-state index in [0.29, 0.717) is 18.8 Å². The highest BCUT2D eigenvalue weighted by Gasteiger charge is 2.39. The second-order valence-corrected chi connectivity index (χ2v) is 6.61. The Labute approximate surface area is 135 Å². The van der Waals surface area contributed by atoms with Crippen molar-refractivity contribution in [2.75, 3.05) is 26.2 Å². The van der Waals surface area contributed by atoms with Gasteiger partial charge in [-0.3, -0.25) is 9.69 Å². The summed E-state index contributed by atoms with van der Waals surface area (Å²) in [5, 5.41) is 10.3. The van der Waals surface area contributed by atoms with Crippen molar-refractivity contribution in [3.8, 4) is 0 Å². The standard InChI is InChI=1S/C17H22N4O2/c1-12-5-4-6-16-18-13(9-21(12)16)17(23)20-10-14(15(22)11-20)19-7-2-3-8-19/h4-6,9,14-15,22H,2-3,7-8,10-11H2,1H3/t14-,15-/m1/s1. The number of β-amino-alcohol motifs (C(OH)–C–C–N with tert-alkyl or cyclic N) is 1. The van der Waals surface area contributed by atoms with Crippen molar-refractivity contribution in [2.45, 2.75) is 31.9 Å². The Bertz CT molecular complexity index is 735. The zero-order chi connectivity index (χ0) is 16.0. The van der Waals surface area contributed by atoms with Gasteiger partial charge in [-0.1, -0.05) is 6.07 Å². The van der Waals surface area contributed by atoms with Crippen molar-refractivity contribution in [2.24, 2.45) is 0 Å². The Morgan fingerprint density at radius 2 is 2.04 bits per heavy atom. The number of hydrogen-bond donors (Lipinski definition) is 1. The van der Waals surface area contributed by atoms with Gasteiger partial charge in [0.2, 0.25) is 0 Å². The SMILES string of the molecule is Cc1cccc2nc(C(=O)N3C[C@@H](O)[C@H](N4CCCC4)C3)cn12. The van der Waals surface area contributed by atoms with Crippen LogP contribution in [-0.2, 0) is 0 Å². The van der Waals surface area contributed by atoms with Crippen LogP contribution in [0.4, 0.5) is 0 Å². The zero-order valence-corrected chi connectivity index (χ0v) is 13.4. The summed E-state index contributed by atoms with van der Waals surface area (Å²) in [6, 6.07) is 5.90. The molecule has 0 aromatic carbocycles. The van der Waals surface area contributed by atoms with Crippen molar-refractivity contribution in [3.63, 3.8) is 0 Å². The van der Waals surface area contributed by atoms with E-state index in [1.807, 2.05) is 29.5 Å². The molecule has 23 heavy (non-hydrogen) atoms. The van der Waals surface area contributed by atoms with Gasteiger partial charge in [-0.15, -0.1) is 0 Å². The topological polar surface area (TPSA) is 61.1 Å². The number of aliphatic hydroxyl groups is 1. The van der Waals surface area contributed by atoms with Crippen LogP contribution in [0.25, 0.3) is 5.65 Å². The second-order valence-electron chi connectivity index (χ2n) is 6.61. The van der Waals surface area contributed by atoms with E-state index < -0.39 is 6.10 Å². The highest BCUT2D eigenvalue weighted by Crippen LogP contribution is 2.22. The summed E-state index contributed by atoms with van der Waals surface area (Å²) in [7, 11) is 0. The second kappa shape index (κ2) is 5.62. The van der Waals surface area contributed by atoms with Gasteiger partial charge in [-0.2, -0.15) is 0 Å². The molecule has 2 atom stereocenters. The number of fused-ring (bicyclic) bond motifs is 1. The predicted molar refractivity (Wildman–Crippen MR) is 86.4 cm³/mol. The average Bonchev–Trinajstić information content (AvgIpc) is 3.25. The fourth-order valence-electron chi connectivity index (χ4n) is 3.78. The number of carbonyl (C=O) groups is 1. The third kappa shape index (κ3) is 2.52. The maximum absolute atomic E-state index is 12.8.